The van der Waals surface area contributed by atoms with Gasteiger partial charge in [-0.1, -0.05) is 32.4 Å². The number of rotatable bonds is 2. The maximum absolute atomic E-state index is 9.84. The zero-order chi connectivity index (χ0) is 10.8. The average Bonchev–Trinajstić information content (AvgIpc) is 2.07. The first-order valence-electron chi connectivity index (χ1n) is 4.68. The van der Waals surface area contributed by atoms with Gasteiger partial charge in [-0.2, -0.15) is 0 Å². The van der Waals surface area contributed by atoms with Crippen LogP contribution in [0.5, 0.6) is 0 Å². The smallest absolute Gasteiger partial charge is 0.0643 e. The summed E-state index contributed by atoms with van der Waals surface area (Å²) in [7, 11) is 0. The lowest BCUT2D eigenvalue weighted by molar-refractivity contribution is 0.0628. The van der Waals surface area contributed by atoms with Crippen LogP contribution in [0, 0.1) is 5.41 Å². The van der Waals surface area contributed by atoms with Gasteiger partial charge in [0.05, 0.1) is 11.1 Å². The molecule has 78 valence electrons. The molecule has 0 aromatic carbocycles. The molecule has 2 nitrogen and oxygen atoms in total. The van der Waals surface area contributed by atoms with Crippen LogP contribution in [0.1, 0.15) is 26.5 Å². The zero-order valence-electron chi connectivity index (χ0n) is 8.79. The Morgan fingerprint density at radius 1 is 1.43 bits per heavy atom. The predicted molar refractivity (Wildman–Crippen MR) is 58.4 cm³/mol. The van der Waals surface area contributed by atoms with Crippen LogP contribution >= 0.6 is 11.6 Å². The molecular weight excluding hydrogens is 198 g/mol. The van der Waals surface area contributed by atoms with Crippen LogP contribution in [0.2, 0.25) is 5.02 Å². The fourth-order valence-electron chi connectivity index (χ4n) is 1.03. The first-order valence-corrected chi connectivity index (χ1v) is 5.06. The van der Waals surface area contributed by atoms with E-state index in [0.717, 1.165) is 5.69 Å². The summed E-state index contributed by atoms with van der Waals surface area (Å²) in [5.74, 6) is 0. The lowest BCUT2D eigenvalue weighted by Crippen LogP contribution is -2.28. The predicted octanol–water partition coefficient (Wildman–Crippen LogP) is 2.68. The van der Waals surface area contributed by atoms with E-state index in [1.807, 2.05) is 26.8 Å². The Hall–Kier alpha value is -0.600. The molecule has 0 aliphatic rings. The van der Waals surface area contributed by atoms with E-state index in [0.29, 0.717) is 11.4 Å². The third kappa shape index (κ3) is 3.28. The van der Waals surface area contributed by atoms with Gasteiger partial charge in [-0.05, 0) is 17.5 Å². The molecule has 1 aromatic heterocycles. The third-order valence-corrected chi connectivity index (χ3v) is 2.41. The number of nitrogens with zero attached hydrogens (tertiary/aromatic N) is 1. The molecule has 1 unspecified atom stereocenters. The van der Waals surface area contributed by atoms with E-state index in [4.69, 9.17) is 11.6 Å². The molecule has 3 heteroatoms. The molecule has 1 N–H and O–H groups in total. The quantitative estimate of drug-likeness (QED) is 0.820. The van der Waals surface area contributed by atoms with Crippen molar-refractivity contribution in [3.63, 3.8) is 0 Å². The second-order valence-electron chi connectivity index (χ2n) is 4.55. The van der Waals surface area contributed by atoms with Gasteiger partial charge >= 0.3 is 0 Å². The topological polar surface area (TPSA) is 33.1 Å². The Labute approximate surface area is 89.9 Å². The van der Waals surface area contributed by atoms with Crippen molar-refractivity contribution in [3.05, 3.63) is 29.0 Å². The summed E-state index contributed by atoms with van der Waals surface area (Å²) >= 11 is 5.71. The number of aromatic nitrogens is 1. The van der Waals surface area contributed by atoms with E-state index in [9.17, 15) is 5.11 Å². The van der Waals surface area contributed by atoms with Crippen molar-refractivity contribution in [1.29, 1.82) is 0 Å². The molecule has 0 fully saturated rings. The summed E-state index contributed by atoms with van der Waals surface area (Å²) in [5.41, 5.74) is 0.762. The first-order chi connectivity index (χ1) is 6.39. The van der Waals surface area contributed by atoms with Crippen LogP contribution < -0.4 is 0 Å². The molecular formula is C11H16ClNO. The second kappa shape index (κ2) is 4.28. The van der Waals surface area contributed by atoms with E-state index in [-0.39, 0.29) is 11.5 Å². The molecule has 0 bridgehead atoms. The molecule has 0 aliphatic heterocycles. The molecule has 0 saturated carbocycles. The van der Waals surface area contributed by atoms with Gasteiger partial charge < -0.3 is 5.11 Å². The zero-order valence-corrected chi connectivity index (χ0v) is 9.54. The largest absolute Gasteiger partial charge is 0.392 e. The summed E-state index contributed by atoms with van der Waals surface area (Å²) in [5, 5.41) is 10.5. The van der Waals surface area contributed by atoms with Crippen molar-refractivity contribution < 1.29 is 5.11 Å². The molecule has 0 spiro atoms. The molecule has 14 heavy (non-hydrogen) atoms. The Balaban J connectivity index is 2.65. The summed E-state index contributed by atoms with van der Waals surface area (Å²) in [6.45, 7) is 6.02. The maximum Gasteiger partial charge on any atom is 0.0643 e. The molecule has 0 amide bonds. The highest BCUT2D eigenvalue weighted by molar-refractivity contribution is 6.30. The molecule has 0 saturated heterocycles. The third-order valence-electron chi connectivity index (χ3n) is 2.19. The fraction of sp³-hybridized carbons (Fsp3) is 0.545. The van der Waals surface area contributed by atoms with E-state index in [1.54, 1.807) is 12.3 Å². The van der Waals surface area contributed by atoms with E-state index in [1.165, 1.54) is 0 Å². The molecule has 0 radical (unpaired) electrons. The number of halogens is 1. The van der Waals surface area contributed by atoms with Crippen molar-refractivity contribution >= 4 is 11.6 Å². The SMILES string of the molecule is CC(C)(C)C(O)Cc1ccc(Cl)cn1. The highest BCUT2D eigenvalue weighted by Crippen LogP contribution is 2.21. The summed E-state index contributed by atoms with van der Waals surface area (Å²) < 4.78 is 0. The standard InChI is InChI=1S/C11H16ClNO/c1-11(2,3)10(14)6-9-5-4-8(12)7-13-9/h4-5,7,10,14H,6H2,1-3H3. The first kappa shape index (κ1) is 11.5. The van der Waals surface area contributed by atoms with Crippen LogP contribution in [0.3, 0.4) is 0 Å². The number of hydrogen-bond donors (Lipinski definition) is 1. The monoisotopic (exact) mass is 213 g/mol. The minimum atomic E-state index is -0.379. The Morgan fingerprint density at radius 3 is 2.50 bits per heavy atom. The van der Waals surface area contributed by atoms with Crippen molar-refractivity contribution in [2.45, 2.75) is 33.3 Å². The highest BCUT2D eigenvalue weighted by Gasteiger charge is 2.22. The van der Waals surface area contributed by atoms with Gasteiger partial charge in [-0.3, -0.25) is 4.98 Å². The number of aliphatic hydroxyl groups excluding tert-OH is 1. The van der Waals surface area contributed by atoms with E-state index in [2.05, 4.69) is 4.98 Å². The van der Waals surface area contributed by atoms with Crippen molar-refractivity contribution in [1.82, 2.24) is 4.98 Å². The average molecular weight is 214 g/mol. The molecule has 1 heterocycles. The Morgan fingerprint density at radius 2 is 2.07 bits per heavy atom. The van der Waals surface area contributed by atoms with Gasteiger partial charge in [-0.15, -0.1) is 0 Å². The van der Waals surface area contributed by atoms with Crippen LogP contribution in [-0.2, 0) is 6.42 Å². The maximum atomic E-state index is 9.84. The summed E-state index contributed by atoms with van der Waals surface area (Å²) in [4.78, 5) is 4.14. The second-order valence-corrected chi connectivity index (χ2v) is 4.99. The van der Waals surface area contributed by atoms with Crippen LogP contribution in [0.25, 0.3) is 0 Å². The number of aliphatic hydroxyl groups is 1. The fourth-order valence-corrected chi connectivity index (χ4v) is 1.14. The van der Waals surface area contributed by atoms with Gasteiger partial charge in [0.25, 0.3) is 0 Å². The summed E-state index contributed by atoms with van der Waals surface area (Å²) in [6, 6.07) is 3.64. The van der Waals surface area contributed by atoms with Gasteiger partial charge in [0, 0.05) is 18.3 Å². The minimum absolute atomic E-state index is 0.110. The van der Waals surface area contributed by atoms with E-state index < -0.39 is 0 Å². The van der Waals surface area contributed by atoms with Crippen molar-refractivity contribution in [3.8, 4) is 0 Å². The number of hydrogen-bond acceptors (Lipinski definition) is 2. The van der Waals surface area contributed by atoms with E-state index >= 15 is 0 Å². The Bertz CT molecular complexity index is 289. The minimum Gasteiger partial charge on any atom is -0.392 e. The van der Waals surface area contributed by atoms with Crippen LogP contribution in [0.15, 0.2) is 18.3 Å². The lowest BCUT2D eigenvalue weighted by Gasteiger charge is -2.25. The van der Waals surface area contributed by atoms with Crippen LogP contribution in [-0.4, -0.2) is 16.2 Å². The van der Waals surface area contributed by atoms with Gasteiger partial charge in [0.15, 0.2) is 0 Å². The van der Waals surface area contributed by atoms with Crippen molar-refractivity contribution in [2.75, 3.05) is 0 Å². The molecule has 0 aliphatic carbocycles. The highest BCUT2D eigenvalue weighted by atomic mass is 35.5. The molecule has 1 rings (SSSR count). The van der Waals surface area contributed by atoms with Gasteiger partial charge in [0.1, 0.15) is 0 Å². The van der Waals surface area contributed by atoms with Crippen LogP contribution in [0.4, 0.5) is 0 Å². The normalized spacial score (nSPS) is 14.1. The van der Waals surface area contributed by atoms with Crippen molar-refractivity contribution in [2.24, 2.45) is 5.41 Å². The summed E-state index contributed by atoms with van der Waals surface area (Å²) in [6.07, 6.45) is 1.80. The number of pyridine rings is 1. The van der Waals surface area contributed by atoms with Gasteiger partial charge in [0.2, 0.25) is 0 Å². The molecule has 1 aromatic rings. The Kier molecular flexibility index (Phi) is 3.51. The molecule has 1 atom stereocenters. The van der Waals surface area contributed by atoms with Gasteiger partial charge in [-0.25, -0.2) is 0 Å². The lowest BCUT2D eigenvalue weighted by atomic mass is 9.86.